The molecule has 1 unspecified atom stereocenters. The smallest absolute Gasteiger partial charge is 0.0357 e. The third-order valence-electron chi connectivity index (χ3n) is 2.09. The van der Waals surface area contributed by atoms with Gasteiger partial charge in [0.15, 0.2) is 0 Å². The third-order valence-corrected chi connectivity index (χ3v) is 2.09. The van der Waals surface area contributed by atoms with E-state index in [1.807, 2.05) is 13.8 Å². The fourth-order valence-corrected chi connectivity index (χ4v) is 0.612. The molecule has 0 aromatic rings. The van der Waals surface area contributed by atoms with Crippen LogP contribution in [-0.2, 0) is 0 Å². The van der Waals surface area contributed by atoms with Crippen LogP contribution in [0, 0.1) is 11.3 Å². The molecular weight excluding hydrogens is 156 g/mol. The first-order chi connectivity index (χ1) is 5.90. The monoisotopic (exact) mass is 188 g/mol. The Morgan fingerprint density at radius 3 is 1.15 bits per heavy atom. The first-order valence-corrected chi connectivity index (χ1v) is 5.90. The Labute approximate surface area is 87.1 Å². The number of hydrogen-bond acceptors (Lipinski definition) is 0. The molecule has 0 aromatic carbocycles. The van der Waals surface area contributed by atoms with Gasteiger partial charge in [-0.15, -0.1) is 0 Å². The van der Waals surface area contributed by atoms with Crippen LogP contribution in [0.4, 0.5) is 0 Å². The van der Waals surface area contributed by atoms with Gasteiger partial charge in [-0.3, -0.25) is 0 Å². The summed E-state index contributed by atoms with van der Waals surface area (Å²) < 4.78 is 0. The summed E-state index contributed by atoms with van der Waals surface area (Å²) in [6.45, 7) is 19.7. The summed E-state index contributed by atoms with van der Waals surface area (Å²) >= 11 is 0. The van der Waals surface area contributed by atoms with Crippen LogP contribution in [-0.4, -0.2) is 0 Å². The van der Waals surface area contributed by atoms with Gasteiger partial charge >= 0.3 is 0 Å². The molecular formula is C13H32. The lowest BCUT2D eigenvalue weighted by Gasteiger charge is -2.25. The molecule has 0 aliphatic rings. The second-order valence-corrected chi connectivity index (χ2v) is 4.38. The first kappa shape index (κ1) is 18.7. The molecule has 0 fully saturated rings. The molecule has 13 heavy (non-hydrogen) atoms. The standard InChI is InChI=1S/C8H18.C3H8.C2H6/c1-6-7(2)8(3,4)5;1-3-2;1-2/h7H,6H2,1-5H3;3H2,1-2H3;1-2H3. The molecule has 0 bridgehead atoms. The van der Waals surface area contributed by atoms with Crippen LogP contribution in [0.15, 0.2) is 0 Å². The average Bonchev–Trinajstić information content (AvgIpc) is 2.06. The van der Waals surface area contributed by atoms with Crippen molar-refractivity contribution in [2.45, 2.75) is 75.2 Å². The Morgan fingerprint density at radius 2 is 1.15 bits per heavy atom. The number of rotatable bonds is 1. The topological polar surface area (TPSA) is 0 Å². The highest BCUT2D eigenvalue weighted by Gasteiger charge is 2.16. The second kappa shape index (κ2) is 12.0. The van der Waals surface area contributed by atoms with Crippen molar-refractivity contribution < 1.29 is 0 Å². The van der Waals surface area contributed by atoms with E-state index in [0.717, 1.165) is 5.92 Å². The normalized spacial score (nSPS) is 11.8. The van der Waals surface area contributed by atoms with Crippen molar-refractivity contribution in [1.29, 1.82) is 0 Å². The minimum absolute atomic E-state index is 0.509. The van der Waals surface area contributed by atoms with Gasteiger partial charge in [0.25, 0.3) is 0 Å². The zero-order valence-corrected chi connectivity index (χ0v) is 11.5. The van der Waals surface area contributed by atoms with E-state index < -0.39 is 0 Å². The van der Waals surface area contributed by atoms with Crippen LogP contribution < -0.4 is 0 Å². The van der Waals surface area contributed by atoms with E-state index in [0.29, 0.717) is 5.41 Å². The minimum Gasteiger partial charge on any atom is -0.0683 e. The summed E-state index contributed by atoms with van der Waals surface area (Å²) in [4.78, 5) is 0. The van der Waals surface area contributed by atoms with Crippen molar-refractivity contribution >= 4 is 0 Å². The molecule has 0 aliphatic carbocycles. The summed E-state index contributed by atoms with van der Waals surface area (Å²) in [5.41, 5.74) is 0.509. The van der Waals surface area contributed by atoms with Crippen LogP contribution in [0.5, 0.6) is 0 Å². The Balaban J connectivity index is -0.000000169. The summed E-state index contributed by atoms with van der Waals surface area (Å²) in [6, 6.07) is 0. The Morgan fingerprint density at radius 1 is 0.923 bits per heavy atom. The van der Waals surface area contributed by atoms with Gasteiger partial charge in [0, 0.05) is 0 Å². The van der Waals surface area contributed by atoms with E-state index in [2.05, 4.69) is 48.5 Å². The fraction of sp³-hybridized carbons (Fsp3) is 1.00. The maximum atomic E-state index is 2.31. The first-order valence-electron chi connectivity index (χ1n) is 5.90. The maximum absolute atomic E-state index is 2.31. The summed E-state index contributed by atoms with van der Waals surface area (Å²) in [5.74, 6) is 0.850. The van der Waals surface area contributed by atoms with E-state index >= 15 is 0 Å². The molecule has 0 saturated heterocycles. The van der Waals surface area contributed by atoms with E-state index in [1.165, 1.54) is 12.8 Å². The van der Waals surface area contributed by atoms with Gasteiger partial charge in [-0.25, -0.2) is 0 Å². The highest BCUT2D eigenvalue weighted by molar-refractivity contribution is 4.67. The molecule has 0 heteroatoms. The van der Waals surface area contributed by atoms with Crippen molar-refractivity contribution in [1.82, 2.24) is 0 Å². The lowest BCUT2D eigenvalue weighted by Crippen LogP contribution is -2.15. The largest absolute Gasteiger partial charge is 0.0683 e. The molecule has 84 valence electrons. The van der Waals surface area contributed by atoms with E-state index in [-0.39, 0.29) is 0 Å². The van der Waals surface area contributed by atoms with Crippen LogP contribution in [0.25, 0.3) is 0 Å². The molecule has 0 nitrogen and oxygen atoms in total. The predicted octanol–water partition coefficient (Wildman–Crippen LogP) is 5.52. The maximum Gasteiger partial charge on any atom is -0.0357 e. The van der Waals surface area contributed by atoms with Gasteiger partial charge in [-0.2, -0.15) is 0 Å². The van der Waals surface area contributed by atoms with Crippen molar-refractivity contribution in [3.63, 3.8) is 0 Å². The van der Waals surface area contributed by atoms with E-state index in [1.54, 1.807) is 0 Å². The van der Waals surface area contributed by atoms with Gasteiger partial charge in [-0.1, -0.05) is 75.2 Å². The molecule has 0 heterocycles. The Kier molecular flexibility index (Phi) is 17.3. The second-order valence-electron chi connectivity index (χ2n) is 4.38. The molecule has 0 aromatic heterocycles. The number of hydrogen-bond donors (Lipinski definition) is 0. The van der Waals surface area contributed by atoms with E-state index in [4.69, 9.17) is 0 Å². The van der Waals surface area contributed by atoms with Crippen molar-refractivity contribution in [2.75, 3.05) is 0 Å². The van der Waals surface area contributed by atoms with Gasteiger partial charge in [0.05, 0.1) is 0 Å². The van der Waals surface area contributed by atoms with E-state index in [9.17, 15) is 0 Å². The predicted molar refractivity (Wildman–Crippen MR) is 66.2 cm³/mol. The highest BCUT2D eigenvalue weighted by atomic mass is 14.2. The van der Waals surface area contributed by atoms with Gasteiger partial charge in [-0.05, 0) is 11.3 Å². The van der Waals surface area contributed by atoms with Crippen molar-refractivity contribution in [3.05, 3.63) is 0 Å². The quantitative estimate of drug-likeness (QED) is 0.508. The lowest BCUT2D eigenvalue weighted by molar-refractivity contribution is 0.254. The lowest BCUT2D eigenvalue weighted by atomic mass is 9.81. The molecule has 0 rings (SSSR count). The minimum atomic E-state index is 0.509. The third kappa shape index (κ3) is 18.8. The fourth-order valence-electron chi connectivity index (χ4n) is 0.612. The zero-order chi connectivity index (χ0) is 11.5. The molecule has 1 atom stereocenters. The molecule has 0 spiro atoms. The van der Waals surface area contributed by atoms with Crippen molar-refractivity contribution in [2.24, 2.45) is 11.3 Å². The van der Waals surface area contributed by atoms with Crippen LogP contribution in [0.2, 0.25) is 0 Å². The Hall–Kier alpha value is 0. The van der Waals surface area contributed by atoms with Gasteiger partial charge < -0.3 is 0 Å². The summed E-state index contributed by atoms with van der Waals surface area (Å²) in [7, 11) is 0. The van der Waals surface area contributed by atoms with Gasteiger partial charge in [0.2, 0.25) is 0 Å². The van der Waals surface area contributed by atoms with Crippen LogP contribution in [0.3, 0.4) is 0 Å². The molecule has 0 aliphatic heterocycles. The van der Waals surface area contributed by atoms with Gasteiger partial charge in [0.1, 0.15) is 0 Å². The average molecular weight is 188 g/mol. The van der Waals surface area contributed by atoms with Crippen LogP contribution >= 0.6 is 0 Å². The molecule has 0 saturated carbocycles. The summed E-state index contributed by atoms with van der Waals surface area (Å²) in [6.07, 6.45) is 2.55. The highest BCUT2D eigenvalue weighted by Crippen LogP contribution is 2.27. The molecule has 0 N–H and O–H groups in total. The zero-order valence-electron chi connectivity index (χ0n) is 11.5. The molecule has 0 amide bonds. The Bertz CT molecular complexity index is 66.6. The summed E-state index contributed by atoms with van der Waals surface area (Å²) in [5, 5.41) is 0. The van der Waals surface area contributed by atoms with Crippen LogP contribution in [0.1, 0.15) is 75.2 Å². The van der Waals surface area contributed by atoms with Crippen molar-refractivity contribution in [3.8, 4) is 0 Å². The molecule has 0 radical (unpaired) electrons. The SMILES string of the molecule is CC.CCC.CCC(C)C(C)(C)C.